The summed E-state index contributed by atoms with van der Waals surface area (Å²) >= 11 is 0. The maximum absolute atomic E-state index is 12.6. The van der Waals surface area contributed by atoms with Gasteiger partial charge < -0.3 is 24.6 Å². The Bertz CT molecular complexity index is 849. The molecule has 3 rings (SSSR count). The summed E-state index contributed by atoms with van der Waals surface area (Å²) in [5.74, 6) is 0.400. The first kappa shape index (κ1) is 20.7. The van der Waals surface area contributed by atoms with E-state index in [1.54, 1.807) is 18.1 Å². The molecular weight excluding hydrogens is 370 g/mol. The first-order valence-corrected chi connectivity index (χ1v) is 9.72. The zero-order valence-electron chi connectivity index (χ0n) is 16.9. The lowest BCUT2D eigenvalue weighted by Crippen LogP contribution is -2.37. The van der Waals surface area contributed by atoms with Crippen molar-refractivity contribution in [2.45, 2.75) is 13.3 Å². The molecule has 1 fully saturated rings. The van der Waals surface area contributed by atoms with Gasteiger partial charge in [-0.05, 0) is 24.3 Å². The number of para-hydroxylation sites is 2. The highest BCUT2D eigenvalue weighted by Gasteiger charge is 2.17. The van der Waals surface area contributed by atoms with E-state index < -0.39 is 0 Å². The summed E-state index contributed by atoms with van der Waals surface area (Å²) < 4.78 is 10.6. The monoisotopic (exact) mass is 397 g/mol. The average Bonchev–Trinajstić information content (AvgIpc) is 2.75. The third kappa shape index (κ3) is 5.48. The van der Waals surface area contributed by atoms with E-state index in [0.717, 1.165) is 24.5 Å². The predicted molar refractivity (Wildman–Crippen MR) is 114 cm³/mol. The second-order valence-corrected chi connectivity index (χ2v) is 6.79. The minimum Gasteiger partial charge on any atom is -0.497 e. The Balaban J connectivity index is 1.65. The number of rotatable bonds is 7. The van der Waals surface area contributed by atoms with Crippen molar-refractivity contribution in [3.8, 4) is 5.75 Å². The minimum atomic E-state index is -0.139. The number of benzene rings is 2. The highest BCUT2D eigenvalue weighted by Crippen LogP contribution is 2.27. The van der Waals surface area contributed by atoms with Crippen LogP contribution in [0, 0.1) is 0 Å². The lowest BCUT2D eigenvalue weighted by molar-refractivity contribution is -0.117. The molecule has 1 aliphatic rings. The Kier molecular flexibility index (Phi) is 7.08. The van der Waals surface area contributed by atoms with E-state index in [0.29, 0.717) is 24.7 Å². The van der Waals surface area contributed by atoms with E-state index in [-0.39, 0.29) is 24.8 Å². The fourth-order valence-electron chi connectivity index (χ4n) is 3.33. The van der Waals surface area contributed by atoms with Gasteiger partial charge in [-0.25, -0.2) is 0 Å². The summed E-state index contributed by atoms with van der Waals surface area (Å²) in [6, 6.07) is 15.0. The van der Waals surface area contributed by atoms with Crippen LogP contribution in [0.1, 0.15) is 13.3 Å². The quantitative estimate of drug-likeness (QED) is 0.778. The van der Waals surface area contributed by atoms with Gasteiger partial charge in [-0.15, -0.1) is 0 Å². The van der Waals surface area contributed by atoms with Gasteiger partial charge in [0.15, 0.2) is 0 Å². The van der Waals surface area contributed by atoms with Crippen LogP contribution >= 0.6 is 0 Å². The summed E-state index contributed by atoms with van der Waals surface area (Å²) in [4.78, 5) is 28.5. The number of nitrogens with zero attached hydrogens (tertiary/aromatic N) is 2. The first-order chi connectivity index (χ1) is 14.1. The van der Waals surface area contributed by atoms with E-state index in [2.05, 4.69) is 10.2 Å². The lowest BCUT2D eigenvalue weighted by atomic mass is 10.2. The Morgan fingerprint density at radius 2 is 1.90 bits per heavy atom. The molecule has 0 spiro atoms. The number of carbonyl (C=O) groups excluding carboxylic acids is 2. The smallest absolute Gasteiger partial charge is 0.226 e. The van der Waals surface area contributed by atoms with Crippen LogP contribution in [0.4, 0.5) is 17.1 Å². The van der Waals surface area contributed by atoms with Crippen molar-refractivity contribution in [1.29, 1.82) is 0 Å². The van der Waals surface area contributed by atoms with Crippen molar-refractivity contribution in [1.82, 2.24) is 0 Å². The summed E-state index contributed by atoms with van der Waals surface area (Å²) in [5.41, 5.74) is 2.47. The van der Waals surface area contributed by atoms with Gasteiger partial charge >= 0.3 is 0 Å². The molecule has 154 valence electrons. The molecule has 29 heavy (non-hydrogen) atoms. The maximum Gasteiger partial charge on any atom is 0.226 e. The molecule has 0 atom stereocenters. The number of amides is 2. The van der Waals surface area contributed by atoms with E-state index in [4.69, 9.17) is 9.47 Å². The average molecular weight is 397 g/mol. The summed E-state index contributed by atoms with van der Waals surface area (Å²) in [6.45, 7) is 4.72. The molecule has 0 bridgehead atoms. The van der Waals surface area contributed by atoms with Crippen LogP contribution < -0.4 is 19.9 Å². The zero-order valence-corrected chi connectivity index (χ0v) is 16.9. The SMILES string of the molecule is COc1cccc(N(CCC(=O)Nc2ccccc2N2CCOCC2)C(C)=O)c1. The van der Waals surface area contributed by atoms with Gasteiger partial charge in [0.05, 0.1) is 31.7 Å². The molecule has 0 saturated carbocycles. The second kappa shape index (κ2) is 9.93. The van der Waals surface area contributed by atoms with Crippen LogP contribution in [0.25, 0.3) is 0 Å². The molecule has 2 aromatic carbocycles. The number of nitrogens with one attached hydrogen (secondary N) is 1. The number of ether oxygens (including phenoxy) is 2. The van der Waals surface area contributed by atoms with Crippen molar-refractivity contribution >= 4 is 28.9 Å². The standard InChI is InChI=1S/C22H27N3O4/c1-17(26)25(18-6-5-7-19(16-18)28-2)11-10-22(27)23-20-8-3-4-9-21(20)24-12-14-29-15-13-24/h3-9,16H,10-15H2,1-2H3,(H,23,27). The normalized spacial score (nSPS) is 13.7. The molecule has 0 aliphatic carbocycles. The molecule has 1 N–H and O–H groups in total. The van der Waals surface area contributed by atoms with Crippen LogP contribution in [-0.4, -0.2) is 51.8 Å². The predicted octanol–water partition coefficient (Wildman–Crippen LogP) is 2.91. The van der Waals surface area contributed by atoms with E-state index >= 15 is 0 Å². The second-order valence-electron chi connectivity index (χ2n) is 6.79. The third-order valence-electron chi connectivity index (χ3n) is 4.84. The number of anilines is 3. The number of hydrogen-bond acceptors (Lipinski definition) is 5. The molecule has 7 heteroatoms. The Morgan fingerprint density at radius 1 is 1.14 bits per heavy atom. The highest BCUT2D eigenvalue weighted by molar-refractivity contribution is 5.96. The topological polar surface area (TPSA) is 71.1 Å². The van der Waals surface area contributed by atoms with Gasteiger partial charge in [0, 0.05) is 44.7 Å². The number of carbonyl (C=O) groups is 2. The van der Waals surface area contributed by atoms with Gasteiger partial charge in [0.1, 0.15) is 5.75 Å². The molecule has 2 amide bonds. The van der Waals surface area contributed by atoms with Gasteiger partial charge in [-0.2, -0.15) is 0 Å². The van der Waals surface area contributed by atoms with Crippen molar-refractivity contribution < 1.29 is 19.1 Å². The summed E-state index contributed by atoms with van der Waals surface area (Å²) in [7, 11) is 1.58. The van der Waals surface area contributed by atoms with Gasteiger partial charge in [0.2, 0.25) is 11.8 Å². The van der Waals surface area contributed by atoms with Gasteiger partial charge in [0.25, 0.3) is 0 Å². The Labute approximate surface area is 171 Å². The van der Waals surface area contributed by atoms with Crippen molar-refractivity contribution in [2.24, 2.45) is 0 Å². The molecule has 1 heterocycles. The Morgan fingerprint density at radius 3 is 2.62 bits per heavy atom. The number of morpholine rings is 1. The molecule has 1 aliphatic heterocycles. The molecular formula is C22H27N3O4. The van der Waals surface area contributed by atoms with Gasteiger partial charge in [-0.3, -0.25) is 9.59 Å². The molecule has 0 aromatic heterocycles. The fourth-order valence-corrected chi connectivity index (χ4v) is 3.33. The molecule has 1 saturated heterocycles. The first-order valence-electron chi connectivity index (χ1n) is 9.72. The van der Waals surface area contributed by atoms with Crippen LogP contribution in [0.3, 0.4) is 0 Å². The molecule has 2 aromatic rings. The van der Waals surface area contributed by atoms with Crippen LogP contribution in [0.15, 0.2) is 48.5 Å². The number of hydrogen-bond donors (Lipinski definition) is 1. The highest BCUT2D eigenvalue weighted by atomic mass is 16.5. The van der Waals surface area contributed by atoms with Gasteiger partial charge in [-0.1, -0.05) is 18.2 Å². The molecule has 0 unspecified atom stereocenters. The Hall–Kier alpha value is -3.06. The lowest BCUT2D eigenvalue weighted by Gasteiger charge is -2.30. The summed E-state index contributed by atoms with van der Waals surface area (Å²) in [5, 5.41) is 2.99. The largest absolute Gasteiger partial charge is 0.497 e. The fraction of sp³-hybridized carbons (Fsp3) is 0.364. The van der Waals surface area contributed by atoms with Crippen molar-refractivity contribution in [3.63, 3.8) is 0 Å². The third-order valence-corrected chi connectivity index (χ3v) is 4.84. The van der Waals surface area contributed by atoms with Crippen LogP contribution in [0.5, 0.6) is 5.75 Å². The molecule has 7 nitrogen and oxygen atoms in total. The zero-order chi connectivity index (χ0) is 20.6. The number of methoxy groups -OCH3 is 1. The van der Waals surface area contributed by atoms with E-state index in [1.165, 1.54) is 6.92 Å². The van der Waals surface area contributed by atoms with Crippen LogP contribution in [-0.2, 0) is 14.3 Å². The van der Waals surface area contributed by atoms with Crippen molar-refractivity contribution in [2.75, 3.05) is 55.1 Å². The van der Waals surface area contributed by atoms with Crippen LogP contribution in [0.2, 0.25) is 0 Å². The summed E-state index contributed by atoms with van der Waals surface area (Å²) in [6.07, 6.45) is 0.189. The minimum absolute atomic E-state index is 0.125. The maximum atomic E-state index is 12.6. The van der Waals surface area contributed by atoms with E-state index in [9.17, 15) is 9.59 Å². The van der Waals surface area contributed by atoms with Crippen molar-refractivity contribution in [3.05, 3.63) is 48.5 Å². The molecule has 0 radical (unpaired) electrons. The van der Waals surface area contributed by atoms with E-state index in [1.807, 2.05) is 42.5 Å².